The molecule has 0 saturated carbocycles. The molecule has 24 heavy (non-hydrogen) atoms. The molecule has 5 nitrogen and oxygen atoms in total. The summed E-state index contributed by atoms with van der Waals surface area (Å²) in [6, 6.07) is 7.55. The summed E-state index contributed by atoms with van der Waals surface area (Å²) in [6.45, 7) is 7.62. The second kappa shape index (κ2) is 7.13. The van der Waals surface area contributed by atoms with Crippen LogP contribution in [0.25, 0.3) is 0 Å². The van der Waals surface area contributed by atoms with E-state index in [0.717, 1.165) is 43.3 Å². The number of hydrogen-bond donors (Lipinski definition) is 0. The van der Waals surface area contributed by atoms with Crippen LogP contribution in [0, 0.1) is 12.7 Å². The number of ether oxygens (including phenoxy) is 1. The van der Waals surface area contributed by atoms with Crippen molar-refractivity contribution in [2.45, 2.75) is 26.4 Å². The summed E-state index contributed by atoms with van der Waals surface area (Å²) in [4.78, 5) is 13.2. The third-order valence-electron chi connectivity index (χ3n) is 4.48. The van der Waals surface area contributed by atoms with E-state index < -0.39 is 0 Å². The van der Waals surface area contributed by atoms with Crippen LogP contribution in [0.15, 0.2) is 30.6 Å². The number of piperazine rings is 1. The number of anilines is 1. The van der Waals surface area contributed by atoms with Crippen molar-refractivity contribution in [2.24, 2.45) is 0 Å². The first-order chi connectivity index (χ1) is 11.6. The van der Waals surface area contributed by atoms with Crippen molar-refractivity contribution in [3.63, 3.8) is 0 Å². The van der Waals surface area contributed by atoms with Gasteiger partial charge in [0.05, 0.1) is 7.11 Å². The summed E-state index contributed by atoms with van der Waals surface area (Å²) < 4.78 is 18.8. The van der Waals surface area contributed by atoms with E-state index in [1.165, 1.54) is 7.11 Å². The van der Waals surface area contributed by atoms with Gasteiger partial charge < -0.3 is 9.64 Å². The van der Waals surface area contributed by atoms with Gasteiger partial charge in [0, 0.05) is 44.0 Å². The lowest BCUT2D eigenvalue weighted by atomic mass is 10.1. The third-order valence-corrected chi connectivity index (χ3v) is 4.48. The zero-order valence-corrected chi connectivity index (χ0v) is 14.4. The Labute approximate surface area is 142 Å². The predicted molar refractivity (Wildman–Crippen MR) is 91.8 cm³/mol. The lowest BCUT2D eigenvalue weighted by Gasteiger charge is -2.40. The molecule has 1 aromatic heterocycles. The van der Waals surface area contributed by atoms with Crippen LogP contribution in [-0.4, -0.2) is 47.7 Å². The van der Waals surface area contributed by atoms with Gasteiger partial charge in [0.25, 0.3) is 0 Å². The summed E-state index contributed by atoms with van der Waals surface area (Å²) in [5, 5.41) is 0. The number of hydrogen-bond acceptors (Lipinski definition) is 5. The van der Waals surface area contributed by atoms with Gasteiger partial charge in [-0.3, -0.25) is 4.90 Å². The standard InChI is InChI=1S/C18H23FN4O/c1-13-8-18(21-12-20-13)23-7-6-22(14(2)10-23)11-15-4-5-17(24-3)16(19)9-15/h4-5,8-9,12,14H,6-7,10-11H2,1-3H3. The molecule has 3 rings (SSSR count). The van der Waals surface area contributed by atoms with E-state index in [9.17, 15) is 4.39 Å². The molecule has 0 aliphatic carbocycles. The Hall–Kier alpha value is -2.21. The van der Waals surface area contributed by atoms with E-state index in [1.807, 2.05) is 19.1 Å². The van der Waals surface area contributed by atoms with Gasteiger partial charge in [-0.05, 0) is 31.5 Å². The van der Waals surface area contributed by atoms with Crippen molar-refractivity contribution >= 4 is 5.82 Å². The summed E-state index contributed by atoms with van der Waals surface area (Å²) in [6.07, 6.45) is 1.61. The first kappa shape index (κ1) is 16.6. The Morgan fingerprint density at radius 2 is 2.08 bits per heavy atom. The Morgan fingerprint density at radius 3 is 2.75 bits per heavy atom. The molecule has 2 heterocycles. The molecule has 1 atom stereocenters. The van der Waals surface area contributed by atoms with Crippen LogP contribution in [0.3, 0.4) is 0 Å². The Morgan fingerprint density at radius 1 is 1.25 bits per heavy atom. The van der Waals surface area contributed by atoms with Crippen molar-refractivity contribution in [2.75, 3.05) is 31.6 Å². The van der Waals surface area contributed by atoms with Crippen LogP contribution in [-0.2, 0) is 6.54 Å². The van der Waals surface area contributed by atoms with Gasteiger partial charge in [-0.1, -0.05) is 6.07 Å². The molecular weight excluding hydrogens is 307 g/mol. The van der Waals surface area contributed by atoms with Gasteiger partial charge in [0.1, 0.15) is 12.1 Å². The molecule has 0 N–H and O–H groups in total. The Balaban J connectivity index is 1.64. The van der Waals surface area contributed by atoms with Crippen molar-refractivity contribution in [1.82, 2.24) is 14.9 Å². The maximum absolute atomic E-state index is 13.9. The second-order valence-corrected chi connectivity index (χ2v) is 6.25. The van der Waals surface area contributed by atoms with E-state index in [1.54, 1.807) is 18.5 Å². The summed E-state index contributed by atoms with van der Waals surface area (Å²) in [5.74, 6) is 0.956. The first-order valence-electron chi connectivity index (χ1n) is 8.17. The van der Waals surface area contributed by atoms with Gasteiger partial charge in [-0.15, -0.1) is 0 Å². The molecule has 1 aliphatic rings. The Bertz CT molecular complexity index is 709. The van der Waals surface area contributed by atoms with Crippen molar-refractivity contribution in [1.29, 1.82) is 0 Å². The highest BCUT2D eigenvalue weighted by atomic mass is 19.1. The van der Waals surface area contributed by atoms with E-state index in [-0.39, 0.29) is 11.6 Å². The van der Waals surface area contributed by atoms with E-state index >= 15 is 0 Å². The van der Waals surface area contributed by atoms with Crippen LogP contribution in [0.5, 0.6) is 5.75 Å². The molecule has 1 aliphatic heterocycles. The number of rotatable bonds is 4. The van der Waals surface area contributed by atoms with Crippen LogP contribution in [0.2, 0.25) is 0 Å². The van der Waals surface area contributed by atoms with Gasteiger partial charge >= 0.3 is 0 Å². The zero-order valence-electron chi connectivity index (χ0n) is 14.4. The topological polar surface area (TPSA) is 41.5 Å². The van der Waals surface area contributed by atoms with Crippen molar-refractivity contribution in [3.8, 4) is 5.75 Å². The molecule has 0 bridgehead atoms. The minimum absolute atomic E-state index is 0.288. The minimum Gasteiger partial charge on any atom is -0.494 e. The number of aromatic nitrogens is 2. The van der Waals surface area contributed by atoms with E-state index in [2.05, 4.69) is 26.7 Å². The van der Waals surface area contributed by atoms with Crippen molar-refractivity contribution in [3.05, 3.63) is 47.7 Å². The van der Waals surface area contributed by atoms with Gasteiger partial charge in [0.15, 0.2) is 11.6 Å². The highest BCUT2D eigenvalue weighted by molar-refractivity contribution is 5.39. The molecule has 6 heteroatoms. The highest BCUT2D eigenvalue weighted by Gasteiger charge is 2.24. The minimum atomic E-state index is -0.308. The molecule has 1 fully saturated rings. The van der Waals surface area contributed by atoms with Crippen LogP contribution >= 0.6 is 0 Å². The largest absolute Gasteiger partial charge is 0.494 e. The number of nitrogens with zero attached hydrogens (tertiary/aromatic N) is 4. The van der Waals surface area contributed by atoms with Gasteiger partial charge in [-0.2, -0.15) is 0 Å². The molecule has 0 spiro atoms. The van der Waals surface area contributed by atoms with Crippen LogP contribution in [0.4, 0.5) is 10.2 Å². The maximum Gasteiger partial charge on any atom is 0.165 e. The van der Waals surface area contributed by atoms with Gasteiger partial charge in [-0.25, -0.2) is 14.4 Å². The lowest BCUT2D eigenvalue weighted by molar-refractivity contribution is 0.180. The molecule has 0 amide bonds. The zero-order chi connectivity index (χ0) is 17.1. The second-order valence-electron chi connectivity index (χ2n) is 6.25. The SMILES string of the molecule is COc1ccc(CN2CCN(c3cc(C)ncn3)CC2C)cc1F. The molecule has 0 radical (unpaired) electrons. The lowest BCUT2D eigenvalue weighted by Crippen LogP contribution is -2.51. The highest BCUT2D eigenvalue weighted by Crippen LogP contribution is 2.22. The van der Waals surface area contributed by atoms with E-state index in [0.29, 0.717) is 6.04 Å². The quantitative estimate of drug-likeness (QED) is 0.862. The molecule has 2 aromatic rings. The molecule has 1 saturated heterocycles. The third kappa shape index (κ3) is 3.64. The number of methoxy groups -OCH3 is 1. The van der Waals surface area contributed by atoms with E-state index in [4.69, 9.17) is 4.74 Å². The normalized spacial score (nSPS) is 18.7. The Kier molecular flexibility index (Phi) is 4.94. The number of benzene rings is 1. The fourth-order valence-corrected chi connectivity index (χ4v) is 3.09. The predicted octanol–water partition coefficient (Wildman–Crippen LogP) is 2.64. The fraction of sp³-hybridized carbons (Fsp3) is 0.444. The first-order valence-corrected chi connectivity index (χ1v) is 8.17. The fourth-order valence-electron chi connectivity index (χ4n) is 3.09. The maximum atomic E-state index is 13.9. The van der Waals surface area contributed by atoms with Gasteiger partial charge in [0.2, 0.25) is 0 Å². The van der Waals surface area contributed by atoms with Crippen LogP contribution < -0.4 is 9.64 Å². The summed E-state index contributed by atoms with van der Waals surface area (Å²) >= 11 is 0. The molecular formula is C18H23FN4O. The smallest absolute Gasteiger partial charge is 0.165 e. The summed E-state index contributed by atoms with van der Waals surface area (Å²) in [7, 11) is 1.48. The van der Waals surface area contributed by atoms with Crippen LogP contribution in [0.1, 0.15) is 18.2 Å². The molecule has 1 aromatic carbocycles. The monoisotopic (exact) mass is 330 g/mol. The average Bonchev–Trinajstić information content (AvgIpc) is 2.57. The average molecular weight is 330 g/mol. The summed E-state index contributed by atoms with van der Waals surface area (Å²) in [5.41, 5.74) is 1.94. The van der Waals surface area contributed by atoms with Crippen molar-refractivity contribution < 1.29 is 9.13 Å². The molecule has 1 unspecified atom stereocenters. The molecule has 128 valence electrons. The number of halogens is 1. The number of aryl methyl sites for hydroxylation is 1.